The Labute approximate surface area is 211 Å². The molecule has 8 nitrogen and oxygen atoms in total. The minimum atomic E-state index is -4.38. The van der Waals surface area contributed by atoms with E-state index < -0.39 is 27.6 Å². The summed E-state index contributed by atoms with van der Waals surface area (Å²) in [6.07, 6.45) is 1.62. The molecule has 1 saturated carbocycles. The average Bonchev–Trinajstić information content (AvgIpc) is 3.60. The van der Waals surface area contributed by atoms with Crippen LogP contribution in [0.25, 0.3) is 0 Å². The van der Waals surface area contributed by atoms with Crippen molar-refractivity contribution in [2.45, 2.75) is 49.1 Å². The molecule has 1 aliphatic carbocycles. The van der Waals surface area contributed by atoms with E-state index in [-0.39, 0.29) is 16.8 Å². The second kappa shape index (κ2) is 9.42. The van der Waals surface area contributed by atoms with E-state index in [0.717, 1.165) is 36.8 Å². The van der Waals surface area contributed by atoms with Crippen LogP contribution in [0.1, 0.15) is 41.1 Å². The standard InChI is InChI=1S/C25H24F3N5O3S/c1-37(35,36)20-8-9-21-16(10-20)11-29-22(21)23(34)32-18-12-30-24(31-13-18)33(19-6-7-19)14-15-2-4-17(5-3-15)25(26,27)28/h2-5,8-10,12-13,19,22,29H,6-7,11,14H2,1H3,(H,32,34)/t22-/m1/s1. The lowest BCUT2D eigenvalue weighted by atomic mass is 10.0. The summed E-state index contributed by atoms with van der Waals surface area (Å²) >= 11 is 0. The van der Waals surface area contributed by atoms with Crippen molar-refractivity contribution in [1.82, 2.24) is 15.3 Å². The number of rotatable bonds is 7. The van der Waals surface area contributed by atoms with E-state index in [9.17, 15) is 26.4 Å². The van der Waals surface area contributed by atoms with Crippen LogP contribution in [0.4, 0.5) is 24.8 Å². The molecule has 2 N–H and O–H groups in total. The Morgan fingerprint density at radius 1 is 1.11 bits per heavy atom. The lowest BCUT2D eigenvalue weighted by Crippen LogP contribution is -2.29. The third-order valence-corrected chi connectivity index (χ3v) is 7.51. The second-order valence-corrected chi connectivity index (χ2v) is 11.3. The Balaban J connectivity index is 1.26. The number of carbonyl (C=O) groups is 1. The summed E-state index contributed by atoms with van der Waals surface area (Å²) in [5.74, 6) is 0.101. The van der Waals surface area contributed by atoms with E-state index in [4.69, 9.17) is 0 Å². The number of halogens is 3. The Morgan fingerprint density at radius 2 is 1.78 bits per heavy atom. The number of fused-ring (bicyclic) bond motifs is 1. The molecule has 2 heterocycles. The Hall–Kier alpha value is -3.51. The molecule has 2 aliphatic rings. The van der Waals surface area contributed by atoms with Gasteiger partial charge < -0.3 is 10.2 Å². The number of hydrogen-bond donors (Lipinski definition) is 2. The van der Waals surface area contributed by atoms with Crippen molar-refractivity contribution in [1.29, 1.82) is 0 Å². The SMILES string of the molecule is CS(=O)(=O)c1ccc2c(c1)CN[C@H]2C(=O)Nc1cnc(N(Cc2ccc(C(F)(F)F)cc2)C2CC2)nc1. The van der Waals surface area contributed by atoms with Crippen molar-refractivity contribution in [2.24, 2.45) is 0 Å². The molecule has 1 fully saturated rings. The molecule has 3 aromatic rings. The van der Waals surface area contributed by atoms with Crippen LogP contribution in [0, 0.1) is 0 Å². The third-order valence-electron chi connectivity index (χ3n) is 6.40. The van der Waals surface area contributed by atoms with Crippen LogP contribution in [0.2, 0.25) is 0 Å². The summed E-state index contributed by atoms with van der Waals surface area (Å²) in [7, 11) is -3.35. The van der Waals surface area contributed by atoms with Crippen LogP contribution in [0.15, 0.2) is 59.8 Å². The van der Waals surface area contributed by atoms with Gasteiger partial charge in [0, 0.05) is 25.4 Å². The molecule has 1 aromatic heterocycles. The summed E-state index contributed by atoms with van der Waals surface area (Å²) in [5.41, 5.74) is 1.87. The molecule has 1 aliphatic heterocycles. The molecule has 1 atom stereocenters. The van der Waals surface area contributed by atoms with E-state index in [1.807, 2.05) is 4.90 Å². The monoisotopic (exact) mass is 531 g/mol. The highest BCUT2D eigenvalue weighted by Crippen LogP contribution is 2.33. The molecule has 37 heavy (non-hydrogen) atoms. The first-order valence-corrected chi connectivity index (χ1v) is 13.5. The Morgan fingerprint density at radius 3 is 2.38 bits per heavy atom. The molecular formula is C25H24F3N5O3S. The maximum Gasteiger partial charge on any atom is 0.416 e. The number of carbonyl (C=O) groups excluding carboxylic acids is 1. The van der Waals surface area contributed by atoms with Crippen molar-refractivity contribution in [2.75, 3.05) is 16.5 Å². The normalized spacial score (nSPS) is 17.4. The van der Waals surface area contributed by atoms with Gasteiger partial charge in [-0.3, -0.25) is 10.1 Å². The van der Waals surface area contributed by atoms with Gasteiger partial charge in [0.25, 0.3) is 0 Å². The third kappa shape index (κ3) is 5.59. The number of aromatic nitrogens is 2. The highest BCUT2D eigenvalue weighted by atomic mass is 32.2. The number of hydrogen-bond acceptors (Lipinski definition) is 7. The lowest BCUT2D eigenvalue weighted by molar-refractivity contribution is -0.137. The van der Waals surface area contributed by atoms with E-state index in [2.05, 4.69) is 20.6 Å². The zero-order valence-electron chi connectivity index (χ0n) is 19.8. The van der Waals surface area contributed by atoms with E-state index >= 15 is 0 Å². The molecule has 0 saturated heterocycles. The zero-order chi connectivity index (χ0) is 26.4. The Kier molecular flexibility index (Phi) is 6.40. The fourth-order valence-electron chi connectivity index (χ4n) is 4.30. The topological polar surface area (TPSA) is 104 Å². The minimum absolute atomic E-state index is 0.203. The fraction of sp³-hybridized carbons (Fsp3) is 0.320. The molecule has 0 unspecified atom stereocenters. The van der Waals surface area contributed by atoms with Gasteiger partial charge in [-0.1, -0.05) is 18.2 Å². The van der Waals surface area contributed by atoms with Crippen LogP contribution in [0.5, 0.6) is 0 Å². The smallest absolute Gasteiger partial charge is 0.334 e. The van der Waals surface area contributed by atoms with Crippen LogP contribution in [0.3, 0.4) is 0 Å². The quantitative estimate of drug-likeness (QED) is 0.477. The number of nitrogens with one attached hydrogen (secondary N) is 2. The maximum atomic E-state index is 12.9. The minimum Gasteiger partial charge on any atom is -0.334 e. The summed E-state index contributed by atoms with van der Waals surface area (Å²) in [6.45, 7) is 0.735. The molecule has 0 bridgehead atoms. The van der Waals surface area contributed by atoms with Crippen LogP contribution >= 0.6 is 0 Å². The number of anilines is 2. The van der Waals surface area contributed by atoms with Crippen molar-refractivity contribution in [3.05, 3.63) is 77.1 Å². The average molecular weight is 532 g/mol. The van der Waals surface area contributed by atoms with E-state index in [0.29, 0.717) is 35.9 Å². The molecule has 0 spiro atoms. The van der Waals surface area contributed by atoms with Gasteiger partial charge in [0.05, 0.1) is 28.5 Å². The van der Waals surface area contributed by atoms with Gasteiger partial charge >= 0.3 is 6.18 Å². The molecule has 1 amide bonds. The number of nitrogens with zero attached hydrogens (tertiary/aromatic N) is 3. The van der Waals surface area contributed by atoms with Gasteiger partial charge in [0.2, 0.25) is 11.9 Å². The molecule has 194 valence electrons. The van der Waals surface area contributed by atoms with E-state index in [1.54, 1.807) is 12.1 Å². The molecule has 12 heteroatoms. The Bertz CT molecular complexity index is 1420. The van der Waals surface area contributed by atoms with E-state index in [1.165, 1.54) is 30.6 Å². The lowest BCUT2D eigenvalue weighted by Gasteiger charge is -2.23. The van der Waals surface area contributed by atoms with Gasteiger partial charge in [-0.05, 0) is 53.8 Å². The summed E-state index contributed by atoms with van der Waals surface area (Å²) in [4.78, 5) is 23.8. The number of amides is 1. The second-order valence-electron chi connectivity index (χ2n) is 9.26. The van der Waals surface area contributed by atoms with Crippen molar-refractivity contribution in [3.8, 4) is 0 Å². The van der Waals surface area contributed by atoms with Crippen LogP contribution < -0.4 is 15.5 Å². The van der Waals surface area contributed by atoms with Crippen molar-refractivity contribution < 1.29 is 26.4 Å². The predicted molar refractivity (Wildman–Crippen MR) is 130 cm³/mol. The van der Waals surface area contributed by atoms with Gasteiger partial charge in [-0.15, -0.1) is 0 Å². The van der Waals surface area contributed by atoms with Crippen LogP contribution in [-0.2, 0) is 33.9 Å². The first kappa shape index (κ1) is 25.2. The highest BCUT2D eigenvalue weighted by molar-refractivity contribution is 7.90. The van der Waals surface area contributed by atoms with Gasteiger partial charge in [0.15, 0.2) is 9.84 Å². The van der Waals surface area contributed by atoms with Gasteiger partial charge in [-0.2, -0.15) is 13.2 Å². The molecular weight excluding hydrogens is 507 g/mol. The molecule has 2 aromatic carbocycles. The summed E-state index contributed by atoms with van der Waals surface area (Å²) in [5, 5.41) is 5.87. The zero-order valence-corrected chi connectivity index (χ0v) is 20.6. The summed E-state index contributed by atoms with van der Waals surface area (Å²) in [6, 6.07) is 9.31. The van der Waals surface area contributed by atoms with Gasteiger partial charge in [0.1, 0.15) is 6.04 Å². The molecule has 5 rings (SSSR count). The van der Waals surface area contributed by atoms with Gasteiger partial charge in [-0.25, -0.2) is 18.4 Å². The molecule has 0 radical (unpaired) electrons. The predicted octanol–water partition coefficient (Wildman–Crippen LogP) is 3.85. The largest absolute Gasteiger partial charge is 0.416 e. The number of sulfone groups is 1. The first-order chi connectivity index (χ1) is 17.5. The fourth-order valence-corrected chi connectivity index (χ4v) is 4.97. The summed E-state index contributed by atoms with van der Waals surface area (Å²) < 4.78 is 62.2. The first-order valence-electron chi connectivity index (χ1n) is 11.6. The number of benzene rings is 2. The van der Waals surface area contributed by atoms with Crippen molar-refractivity contribution >= 4 is 27.4 Å². The number of alkyl halides is 3. The van der Waals surface area contributed by atoms with Crippen molar-refractivity contribution in [3.63, 3.8) is 0 Å². The highest BCUT2D eigenvalue weighted by Gasteiger charge is 2.33. The maximum absolute atomic E-state index is 12.9. The van der Waals surface area contributed by atoms with Crippen LogP contribution in [-0.4, -0.2) is 36.6 Å².